The highest BCUT2D eigenvalue weighted by molar-refractivity contribution is 5.84. The van der Waals surface area contributed by atoms with Gasteiger partial charge in [-0.25, -0.2) is 0 Å². The van der Waals surface area contributed by atoms with Gasteiger partial charge in [-0.15, -0.1) is 0 Å². The predicted molar refractivity (Wildman–Crippen MR) is 157 cm³/mol. The number of rotatable bonds is 6. The van der Waals surface area contributed by atoms with Gasteiger partial charge in [0.25, 0.3) is 0 Å². The van der Waals surface area contributed by atoms with E-state index in [1.165, 1.54) is 30.4 Å². The zero-order valence-corrected chi connectivity index (χ0v) is 23.0. The predicted octanol–water partition coefficient (Wildman–Crippen LogP) is 6.83. The minimum absolute atomic E-state index is 0.180. The van der Waals surface area contributed by atoms with Crippen LogP contribution in [0.4, 0.5) is 0 Å². The number of nitrogens with one attached hydrogen (secondary N) is 1. The molecule has 1 heterocycles. The fraction of sp³-hybridized carbons (Fsp3) is 0.417. The van der Waals surface area contributed by atoms with Crippen LogP contribution in [0, 0.1) is 29.4 Å². The quantitative estimate of drug-likeness (QED) is 0.391. The molecule has 1 amide bonds. The van der Waals surface area contributed by atoms with Gasteiger partial charge in [0, 0.05) is 30.1 Å². The van der Waals surface area contributed by atoms with Crippen LogP contribution in [-0.2, 0) is 16.8 Å². The fourth-order valence-corrected chi connectivity index (χ4v) is 8.02. The number of piperidine rings is 1. The van der Waals surface area contributed by atoms with Gasteiger partial charge in [-0.3, -0.25) is 9.69 Å². The van der Waals surface area contributed by atoms with E-state index in [2.05, 4.69) is 83.9 Å². The number of hydrogen-bond donors (Lipinski definition) is 1. The minimum Gasteiger partial charge on any atom is -0.352 e. The lowest BCUT2D eigenvalue weighted by molar-refractivity contribution is -0.132. The van der Waals surface area contributed by atoms with Gasteiger partial charge in [-0.05, 0) is 91.3 Å². The Morgan fingerprint density at radius 3 is 2.69 bits per heavy atom. The Morgan fingerprint density at radius 1 is 1.05 bits per heavy atom. The number of carbonyl (C=O) groups excluding carboxylic acids is 1. The second-order valence-corrected chi connectivity index (χ2v) is 12.5. The van der Waals surface area contributed by atoms with Gasteiger partial charge in [0.05, 0.1) is 5.41 Å². The van der Waals surface area contributed by atoms with Crippen LogP contribution in [0.25, 0.3) is 17.2 Å². The molecule has 1 spiro atoms. The molecule has 3 aromatic rings. The average molecular weight is 515 g/mol. The number of nitrogens with zero attached hydrogens (tertiary/aromatic N) is 1. The van der Waals surface area contributed by atoms with E-state index >= 15 is 0 Å². The smallest absolute Gasteiger partial charge is 0.226 e. The standard InChI is InChI=1S/C36H38N2O/c1-26-25-38(21-20-35(26)18-16-29-11-5-6-13-33(29)35)32-17-19-36(23-32,31-14-15-31)34(39)37-24-27-8-7-12-30(22-27)28-9-3-2-4-10-28/h2-6,8-11,13,16,18,22,26,31-32H,14-15,17,19-21,23-25H2,1H3,(H,37,39)/t26-,32?,35-,36?/m0/s1. The largest absolute Gasteiger partial charge is 0.352 e. The van der Waals surface area contributed by atoms with Crippen LogP contribution in [-0.4, -0.2) is 29.9 Å². The second kappa shape index (κ2) is 9.68. The Labute approximate surface area is 233 Å². The van der Waals surface area contributed by atoms with Crippen LogP contribution >= 0.6 is 0 Å². The topological polar surface area (TPSA) is 32.3 Å². The lowest BCUT2D eigenvalue weighted by atomic mass is 9.67. The molecule has 3 aromatic carbocycles. The summed E-state index contributed by atoms with van der Waals surface area (Å²) in [6.45, 7) is 5.23. The van der Waals surface area contributed by atoms with Gasteiger partial charge in [-0.2, -0.15) is 0 Å². The van der Waals surface area contributed by atoms with Crippen molar-refractivity contribution in [3.05, 3.63) is 102 Å². The van der Waals surface area contributed by atoms with Gasteiger partial charge < -0.3 is 5.32 Å². The van der Waals surface area contributed by atoms with Gasteiger partial charge in [0.1, 0.15) is 0 Å². The van der Waals surface area contributed by atoms with Crippen molar-refractivity contribution in [1.29, 1.82) is 0 Å². The van der Waals surface area contributed by atoms with Gasteiger partial charge in [0.15, 0.2) is 0 Å². The van der Waals surface area contributed by atoms with Crippen molar-refractivity contribution < 1.29 is 4.79 Å². The van der Waals surface area contributed by atoms with E-state index in [0.29, 0.717) is 24.4 Å². The Morgan fingerprint density at radius 2 is 1.87 bits per heavy atom. The van der Waals surface area contributed by atoms with Crippen LogP contribution in [0.2, 0.25) is 0 Å². The summed E-state index contributed by atoms with van der Waals surface area (Å²) in [5, 5.41) is 3.36. The highest BCUT2D eigenvalue weighted by atomic mass is 16.2. The van der Waals surface area contributed by atoms with Crippen LogP contribution < -0.4 is 5.32 Å². The Balaban J connectivity index is 1.02. The molecule has 3 heteroatoms. The second-order valence-electron chi connectivity index (χ2n) is 12.5. The van der Waals surface area contributed by atoms with Crippen LogP contribution in [0.15, 0.2) is 72.8 Å². The van der Waals surface area contributed by atoms with Gasteiger partial charge in [0.2, 0.25) is 5.91 Å². The first-order valence-corrected chi connectivity index (χ1v) is 14.9. The number of fused-ring (bicyclic) bond motifs is 2. The van der Waals surface area contributed by atoms with E-state index in [1.807, 2.05) is 24.3 Å². The summed E-state index contributed by atoms with van der Waals surface area (Å²) in [7, 11) is 0. The molecular formula is C36H38N2O. The lowest BCUT2D eigenvalue weighted by Crippen LogP contribution is -2.51. The first-order valence-electron chi connectivity index (χ1n) is 14.9. The average Bonchev–Trinajstić information content (AvgIpc) is 3.64. The third-order valence-electron chi connectivity index (χ3n) is 10.4. The van der Waals surface area contributed by atoms with Crippen molar-refractivity contribution in [1.82, 2.24) is 10.2 Å². The molecular weight excluding hydrogens is 476 g/mol. The third-order valence-corrected chi connectivity index (χ3v) is 10.4. The molecule has 39 heavy (non-hydrogen) atoms. The molecule has 7 rings (SSSR count). The number of hydrogen-bond acceptors (Lipinski definition) is 2. The molecule has 4 atom stereocenters. The van der Waals surface area contributed by atoms with Crippen molar-refractivity contribution >= 4 is 12.0 Å². The van der Waals surface area contributed by atoms with Crippen molar-refractivity contribution in [2.45, 2.75) is 63.5 Å². The molecule has 0 bridgehead atoms. The first-order chi connectivity index (χ1) is 19.1. The highest BCUT2D eigenvalue weighted by Crippen LogP contribution is 2.57. The van der Waals surface area contributed by atoms with Crippen molar-refractivity contribution in [3.63, 3.8) is 0 Å². The number of allylic oxidation sites excluding steroid dienone is 1. The normalized spacial score (nSPS) is 29.8. The molecule has 0 radical (unpaired) electrons. The maximum atomic E-state index is 13.9. The SMILES string of the molecule is C[C@H]1CN(C2CCC(C(=O)NCc3cc#cc(-c4ccccc4)c3)(C3CC3)C2)CC[C@@]12C=Cc1ccccc12. The van der Waals surface area contributed by atoms with Crippen LogP contribution in [0.3, 0.4) is 0 Å². The van der Waals surface area contributed by atoms with Gasteiger partial charge >= 0.3 is 0 Å². The summed E-state index contributed by atoms with van der Waals surface area (Å²) in [6.07, 6.45) is 11.6. The van der Waals surface area contributed by atoms with E-state index in [9.17, 15) is 4.79 Å². The molecule has 3 nitrogen and oxygen atoms in total. The van der Waals surface area contributed by atoms with Crippen molar-refractivity contribution in [3.8, 4) is 11.1 Å². The first kappa shape index (κ1) is 24.7. The summed E-state index contributed by atoms with van der Waals surface area (Å²) in [6, 6.07) is 30.2. The van der Waals surface area contributed by atoms with Gasteiger partial charge in [-0.1, -0.05) is 85.8 Å². The molecule has 4 aliphatic rings. The van der Waals surface area contributed by atoms with E-state index in [4.69, 9.17) is 0 Å². The summed E-state index contributed by atoms with van der Waals surface area (Å²) in [5.41, 5.74) is 6.13. The molecule has 1 N–H and O–H groups in total. The lowest BCUT2D eigenvalue weighted by Gasteiger charge is -2.46. The number of likely N-dealkylation sites (tertiary alicyclic amines) is 1. The highest BCUT2D eigenvalue weighted by Gasteiger charge is 2.56. The summed E-state index contributed by atoms with van der Waals surface area (Å²) < 4.78 is 0. The zero-order valence-electron chi connectivity index (χ0n) is 23.0. The van der Waals surface area contributed by atoms with E-state index < -0.39 is 0 Å². The van der Waals surface area contributed by atoms with Crippen LogP contribution in [0.1, 0.15) is 62.1 Å². The molecule has 1 aliphatic heterocycles. The number of amides is 1. The molecule has 1 saturated heterocycles. The number of benzene rings is 2. The maximum absolute atomic E-state index is 13.9. The molecule has 198 valence electrons. The minimum atomic E-state index is -0.199. The Bertz CT molecular complexity index is 1390. The van der Waals surface area contributed by atoms with E-state index in [0.717, 1.165) is 49.0 Å². The van der Waals surface area contributed by atoms with Crippen molar-refractivity contribution in [2.75, 3.05) is 13.1 Å². The zero-order chi connectivity index (χ0) is 26.5. The Hall–Kier alpha value is -3.35. The third kappa shape index (κ3) is 4.30. The Kier molecular flexibility index (Phi) is 6.13. The summed E-state index contributed by atoms with van der Waals surface area (Å²) >= 11 is 0. The molecule has 2 saturated carbocycles. The summed E-state index contributed by atoms with van der Waals surface area (Å²) in [4.78, 5) is 16.6. The van der Waals surface area contributed by atoms with Crippen molar-refractivity contribution in [2.24, 2.45) is 17.3 Å². The number of carbonyl (C=O) groups is 1. The van der Waals surface area contributed by atoms with Crippen LogP contribution in [0.5, 0.6) is 0 Å². The fourth-order valence-electron chi connectivity index (χ4n) is 8.02. The van der Waals surface area contributed by atoms with E-state index in [-0.39, 0.29) is 16.7 Å². The molecule has 3 aliphatic carbocycles. The maximum Gasteiger partial charge on any atom is 0.226 e. The molecule has 3 fully saturated rings. The monoisotopic (exact) mass is 514 g/mol. The molecule has 0 aromatic heterocycles. The molecule has 2 unspecified atom stereocenters. The summed E-state index contributed by atoms with van der Waals surface area (Å²) in [5.74, 6) is 1.40. The van der Waals surface area contributed by atoms with E-state index in [1.54, 1.807) is 0 Å².